The average molecular weight is 440 g/mol. The van der Waals surface area contributed by atoms with Crippen LogP contribution in [0.5, 0.6) is 0 Å². The van der Waals surface area contributed by atoms with Crippen molar-refractivity contribution in [3.05, 3.63) is 64.7 Å². The third kappa shape index (κ3) is 5.12. The molecular weight excluding hydrogens is 419 g/mol. The maximum absolute atomic E-state index is 13.1. The minimum absolute atomic E-state index is 0.00433. The lowest BCUT2D eigenvalue weighted by atomic mass is 9.93. The summed E-state index contributed by atoms with van der Waals surface area (Å²) < 4.78 is 39.4. The molecule has 0 bridgehead atoms. The molecule has 1 fully saturated rings. The maximum atomic E-state index is 13.1. The molecule has 0 spiro atoms. The number of rotatable bonds is 5. The first-order valence-electron chi connectivity index (χ1n) is 9.42. The number of hydrogen-bond acceptors (Lipinski definition) is 3. The third-order valence-corrected chi connectivity index (χ3v) is 5.53. The molecule has 30 heavy (non-hydrogen) atoms. The number of carbonyl (C=O) groups excluding carboxylic acids is 2. The Morgan fingerprint density at radius 3 is 2.30 bits per heavy atom. The molecule has 1 atom stereocenters. The molecule has 1 aliphatic heterocycles. The SMILES string of the molecule is NC(=O)C1CCN([C@H](C(=O)Nc2ccc(Cl)c(C(F)(F)F)c2)c2ccccc2)CC1. The van der Waals surface area contributed by atoms with Gasteiger partial charge in [-0.25, -0.2) is 0 Å². The lowest BCUT2D eigenvalue weighted by Gasteiger charge is -2.36. The number of anilines is 1. The first-order chi connectivity index (χ1) is 14.2. The van der Waals surface area contributed by atoms with Crippen molar-refractivity contribution in [2.75, 3.05) is 18.4 Å². The predicted molar refractivity (Wildman–Crippen MR) is 108 cm³/mol. The van der Waals surface area contributed by atoms with Gasteiger partial charge in [-0.1, -0.05) is 41.9 Å². The lowest BCUT2D eigenvalue weighted by molar-refractivity contribution is -0.137. The van der Waals surface area contributed by atoms with Crippen molar-refractivity contribution < 1.29 is 22.8 Å². The van der Waals surface area contributed by atoms with Crippen LogP contribution >= 0.6 is 11.6 Å². The maximum Gasteiger partial charge on any atom is 0.417 e. The number of halogens is 4. The summed E-state index contributed by atoms with van der Waals surface area (Å²) in [7, 11) is 0. The first-order valence-corrected chi connectivity index (χ1v) is 9.80. The van der Waals surface area contributed by atoms with Crippen molar-refractivity contribution in [3.63, 3.8) is 0 Å². The van der Waals surface area contributed by atoms with Gasteiger partial charge in [0.05, 0.1) is 10.6 Å². The van der Waals surface area contributed by atoms with Gasteiger partial charge in [0.25, 0.3) is 0 Å². The van der Waals surface area contributed by atoms with Gasteiger partial charge in [-0.2, -0.15) is 13.2 Å². The molecule has 0 unspecified atom stereocenters. The summed E-state index contributed by atoms with van der Waals surface area (Å²) in [6.45, 7) is 0.935. The van der Waals surface area contributed by atoms with E-state index >= 15 is 0 Å². The van der Waals surface area contributed by atoms with E-state index in [1.807, 2.05) is 11.0 Å². The molecule has 2 aromatic rings. The monoisotopic (exact) mass is 439 g/mol. The van der Waals surface area contributed by atoms with Crippen molar-refractivity contribution in [2.45, 2.75) is 25.1 Å². The number of likely N-dealkylation sites (tertiary alicyclic amines) is 1. The molecule has 0 aliphatic carbocycles. The fourth-order valence-corrected chi connectivity index (χ4v) is 3.86. The highest BCUT2D eigenvalue weighted by Crippen LogP contribution is 2.36. The van der Waals surface area contributed by atoms with E-state index in [4.69, 9.17) is 17.3 Å². The van der Waals surface area contributed by atoms with Crippen LogP contribution in [0.15, 0.2) is 48.5 Å². The van der Waals surface area contributed by atoms with Gasteiger partial charge in [-0.3, -0.25) is 14.5 Å². The van der Waals surface area contributed by atoms with Crippen molar-refractivity contribution >= 4 is 29.1 Å². The van der Waals surface area contributed by atoms with Crippen molar-refractivity contribution in [1.82, 2.24) is 4.90 Å². The molecule has 1 aliphatic rings. The topological polar surface area (TPSA) is 75.4 Å². The van der Waals surface area contributed by atoms with Crippen LogP contribution in [0.2, 0.25) is 5.02 Å². The number of nitrogens with zero attached hydrogens (tertiary/aromatic N) is 1. The minimum Gasteiger partial charge on any atom is -0.369 e. The van der Waals surface area contributed by atoms with Crippen molar-refractivity contribution in [2.24, 2.45) is 11.7 Å². The Morgan fingerprint density at radius 1 is 1.10 bits per heavy atom. The van der Waals surface area contributed by atoms with Crippen molar-refractivity contribution in [1.29, 1.82) is 0 Å². The average Bonchev–Trinajstić information content (AvgIpc) is 2.70. The number of primary amides is 1. The number of piperidine rings is 1. The molecular formula is C21H21ClF3N3O2. The predicted octanol–water partition coefficient (Wildman–Crippen LogP) is 4.24. The van der Waals surface area contributed by atoms with Crippen LogP contribution in [0.25, 0.3) is 0 Å². The molecule has 1 saturated heterocycles. The Kier molecular flexibility index (Phi) is 6.67. The van der Waals surface area contributed by atoms with Crippen LogP contribution in [-0.4, -0.2) is 29.8 Å². The standard InChI is InChI=1S/C21H21ClF3N3O2/c22-17-7-6-15(12-16(17)21(23,24)25)27-20(30)18(13-4-2-1-3-5-13)28-10-8-14(9-11-28)19(26)29/h1-7,12,14,18H,8-11H2,(H2,26,29)(H,27,30)/t18-/m0/s1. The van der Waals surface area contributed by atoms with E-state index < -0.39 is 28.7 Å². The Balaban J connectivity index is 1.84. The molecule has 160 valence electrons. The second-order valence-corrected chi connectivity index (χ2v) is 7.61. The van der Waals surface area contributed by atoms with Crippen LogP contribution in [0.4, 0.5) is 18.9 Å². The minimum atomic E-state index is -4.63. The zero-order valence-corrected chi connectivity index (χ0v) is 16.7. The van der Waals surface area contributed by atoms with Gasteiger partial charge in [0.1, 0.15) is 6.04 Å². The van der Waals surface area contributed by atoms with Gasteiger partial charge < -0.3 is 11.1 Å². The first kappa shape index (κ1) is 22.1. The zero-order chi connectivity index (χ0) is 21.9. The highest BCUT2D eigenvalue weighted by molar-refractivity contribution is 6.31. The van der Waals surface area contributed by atoms with E-state index in [1.54, 1.807) is 24.3 Å². The number of alkyl halides is 3. The fraction of sp³-hybridized carbons (Fsp3) is 0.333. The molecule has 0 aromatic heterocycles. The fourth-order valence-electron chi connectivity index (χ4n) is 3.64. The number of nitrogens with two attached hydrogens (primary N) is 1. The molecule has 1 heterocycles. The summed E-state index contributed by atoms with van der Waals surface area (Å²) >= 11 is 5.66. The molecule has 5 nitrogen and oxygen atoms in total. The zero-order valence-electron chi connectivity index (χ0n) is 16.0. The van der Waals surface area contributed by atoms with Gasteiger partial charge >= 0.3 is 6.18 Å². The van der Waals surface area contributed by atoms with Crippen LogP contribution in [-0.2, 0) is 15.8 Å². The second-order valence-electron chi connectivity index (χ2n) is 7.21. The summed E-state index contributed by atoms with van der Waals surface area (Å²) in [6, 6.07) is 11.5. The quantitative estimate of drug-likeness (QED) is 0.731. The van der Waals surface area contributed by atoms with E-state index in [1.165, 1.54) is 6.07 Å². The Morgan fingerprint density at radius 2 is 1.73 bits per heavy atom. The summed E-state index contributed by atoms with van der Waals surface area (Å²) in [5.41, 5.74) is 5.08. The highest BCUT2D eigenvalue weighted by atomic mass is 35.5. The van der Waals surface area contributed by atoms with Gasteiger partial charge in [0.2, 0.25) is 11.8 Å². The van der Waals surface area contributed by atoms with Gasteiger partial charge in [-0.15, -0.1) is 0 Å². The summed E-state index contributed by atoms with van der Waals surface area (Å²) in [5, 5.41) is 2.14. The Bertz CT molecular complexity index is 913. The number of hydrogen-bond donors (Lipinski definition) is 2. The number of nitrogens with one attached hydrogen (secondary N) is 1. The Labute approximate surface area is 177 Å². The largest absolute Gasteiger partial charge is 0.417 e. The normalized spacial score (nSPS) is 16.8. The van der Waals surface area contributed by atoms with Crippen LogP contribution in [0.1, 0.15) is 30.0 Å². The van der Waals surface area contributed by atoms with Gasteiger partial charge in [-0.05, 0) is 49.7 Å². The number of benzene rings is 2. The second kappa shape index (κ2) is 9.06. The van der Waals surface area contributed by atoms with Gasteiger partial charge in [0.15, 0.2) is 0 Å². The summed E-state index contributed by atoms with van der Waals surface area (Å²) in [5.74, 6) is -1.07. The van der Waals surface area contributed by atoms with E-state index in [9.17, 15) is 22.8 Å². The van der Waals surface area contributed by atoms with Crippen molar-refractivity contribution in [3.8, 4) is 0 Å². The Hall–Kier alpha value is -2.58. The van der Waals surface area contributed by atoms with E-state index in [-0.39, 0.29) is 17.5 Å². The van der Waals surface area contributed by atoms with Crippen LogP contribution in [0, 0.1) is 5.92 Å². The molecule has 9 heteroatoms. The smallest absolute Gasteiger partial charge is 0.369 e. The summed E-state index contributed by atoms with van der Waals surface area (Å²) in [6.07, 6.45) is -3.59. The van der Waals surface area contributed by atoms with E-state index in [2.05, 4.69) is 5.32 Å². The van der Waals surface area contributed by atoms with E-state index in [0.29, 0.717) is 31.5 Å². The molecule has 2 aromatic carbocycles. The highest BCUT2D eigenvalue weighted by Gasteiger charge is 2.35. The number of carbonyl (C=O) groups is 2. The lowest BCUT2D eigenvalue weighted by Crippen LogP contribution is -2.44. The molecule has 3 N–H and O–H groups in total. The third-order valence-electron chi connectivity index (χ3n) is 5.20. The number of amides is 2. The van der Waals surface area contributed by atoms with E-state index in [0.717, 1.165) is 12.1 Å². The molecule has 0 radical (unpaired) electrons. The van der Waals surface area contributed by atoms with Gasteiger partial charge in [0, 0.05) is 11.6 Å². The van der Waals surface area contributed by atoms with Crippen LogP contribution in [0.3, 0.4) is 0 Å². The molecule has 2 amide bonds. The summed E-state index contributed by atoms with van der Waals surface area (Å²) in [4.78, 5) is 26.5. The molecule has 3 rings (SSSR count). The molecule has 0 saturated carbocycles. The van der Waals surface area contributed by atoms with Crippen LogP contribution < -0.4 is 11.1 Å².